The lowest BCUT2D eigenvalue weighted by Crippen LogP contribution is -2.52. The second-order valence-corrected chi connectivity index (χ2v) is 8.47. The third-order valence-electron chi connectivity index (χ3n) is 3.61. The minimum Gasteiger partial charge on any atom is -0.355 e. The van der Waals surface area contributed by atoms with Crippen LogP contribution in [0, 0.1) is 0 Å². The third-order valence-corrected chi connectivity index (χ3v) is 6.21. The second-order valence-electron chi connectivity index (χ2n) is 5.27. The smallest absolute Gasteiger partial charge is 0.355 e. The zero-order valence-corrected chi connectivity index (χ0v) is 15.0. The molecule has 0 aromatic heterocycles. The summed E-state index contributed by atoms with van der Waals surface area (Å²) in [6.45, 7) is 2.46. The highest BCUT2D eigenvalue weighted by Crippen LogP contribution is 2.28. The van der Waals surface area contributed by atoms with E-state index in [-0.39, 0.29) is 19.1 Å². The molecule has 1 aliphatic heterocycles. The number of nitrogens with zero attached hydrogens (tertiary/aromatic N) is 2. The zero-order valence-electron chi connectivity index (χ0n) is 13.4. The SMILES string of the molecule is CN=C(NCC(C)SC)NC1CCN(S(=O)(=O)C(F)(F)F)CC1. The van der Waals surface area contributed by atoms with Crippen molar-refractivity contribution in [2.24, 2.45) is 4.99 Å². The van der Waals surface area contributed by atoms with Gasteiger partial charge in [0, 0.05) is 38.0 Å². The summed E-state index contributed by atoms with van der Waals surface area (Å²) >= 11 is 1.70. The van der Waals surface area contributed by atoms with Gasteiger partial charge in [0.15, 0.2) is 5.96 Å². The van der Waals surface area contributed by atoms with Crippen LogP contribution in [0.15, 0.2) is 4.99 Å². The van der Waals surface area contributed by atoms with Crippen molar-refractivity contribution in [1.29, 1.82) is 0 Å². The quantitative estimate of drug-likeness (QED) is 0.558. The predicted molar refractivity (Wildman–Crippen MR) is 87.0 cm³/mol. The Balaban J connectivity index is 2.50. The number of aliphatic imine (C=N–C) groups is 1. The van der Waals surface area contributed by atoms with Gasteiger partial charge in [-0.1, -0.05) is 6.92 Å². The Morgan fingerprint density at radius 1 is 1.39 bits per heavy atom. The standard InChI is InChI=1S/C12H23F3N4O2S2/c1-9(22-3)8-17-11(16-2)18-10-4-6-19(7-5-10)23(20,21)12(13,14)15/h9-10H,4-8H2,1-3H3,(H2,16,17,18). The number of sulfonamides is 1. The first kappa shape index (κ1) is 20.4. The molecule has 0 saturated carbocycles. The highest BCUT2D eigenvalue weighted by atomic mass is 32.2. The van der Waals surface area contributed by atoms with Gasteiger partial charge in [0.2, 0.25) is 0 Å². The number of alkyl halides is 3. The van der Waals surface area contributed by atoms with E-state index in [1.54, 1.807) is 18.8 Å². The van der Waals surface area contributed by atoms with Crippen LogP contribution in [0.25, 0.3) is 0 Å². The van der Waals surface area contributed by atoms with Gasteiger partial charge < -0.3 is 10.6 Å². The van der Waals surface area contributed by atoms with Crippen molar-refractivity contribution in [2.45, 2.75) is 36.6 Å². The molecule has 1 fully saturated rings. The molecule has 0 bridgehead atoms. The molecule has 0 amide bonds. The van der Waals surface area contributed by atoms with Crippen LogP contribution >= 0.6 is 11.8 Å². The zero-order chi connectivity index (χ0) is 17.7. The van der Waals surface area contributed by atoms with Crippen molar-refractivity contribution >= 4 is 27.7 Å². The summed E-state index contributed by atoms with van der Waals surface area (Å²) in [6.07, 6.45) is 2.60. The lowest BCUT2D eigenvalue weighted by molar-refractivity contribution is -0.0494. The van der Waals surface area contributed by atoms with Gasteiger partial charge in [0.1, 0.15) is 0 Å². The number of rotatable bonds is 5. The van der Waals surface area contributed by atoms with Gasteiger partial charge in [0.05, 0.1) is 0 Å². The summed E-state index contributed by atoms with van der Waals surface area (Å²) < 4.78 is 60.7. The van der Waals surface area contributed by atoms with Gasteiger partial charge in [-0.15, -0.1) is 0 Å². The van der Waals surface area contributed by atoms with E-state index >= 15 is 0 Å². The molecular formula is C12H23F3N4O2S2. The van der Waals surface area contributed by atoms with E-state index < -0.39 is 15.5 Å². The van der Waals surface area contributed by atoms with E-state index in [4.69, 9.17) is 0 Å². The number of hydrogen-bond acceptors (Lipinski definition) is 4. The van der Waals surface area contributed by atoms with Gasteiger partial charge >= 0.3 is 15.5 Å². The summed E-state index contributed by atoms with van der Waals surface area (Å²) in [6, 6.07) is -0.106. The van der Waals surface area contributed by atoms with Crippen LogP contribution in [0.2, 0.25) is 0 Å². The van der Waals surface area contributed by atoms with E-state index in [1.807, 2.05) is 6.26 Å². The van der Waals surface area contributed by atoms with Crippen LogP contribution < -0.4 is 10.6 Å². The van der Waals surface area contributed by atoms with Crippen LogP contribution in [0.5, 0.6) is 0 Å². The Morgan fingerprint density at radius 2 is 1.96 bits per heavy atom. The third kappa shape index (κ3) is 5.71. The largest absolute Gasteiger partial charge is 0.511 e. The number of halogens is 3. The Kier molecular flexibility index (Phi) is 7.46. The molecule has 6 nitrogen and oxygen atoms in total. The predicted octanol–water partition coefficient (Wildman–Crippen LogP) is 1.22. The molecule has 1 atom stereocenters. The van der Waals surface area contributed by atoms with Crippen LogP contribution in [-0.2, 0) is 10.0 Å². The highest BCUT2D eigenvalue weighted by molar-refractivity contribution is 7.99. The van der Waals surface area contributed by atoms with E-state index in [9.17, 15) is 21.6 Å². The van der Waals surface area contributed by atoms with Crippen LogP contribution in [-0.4, -0.2) is 68.4 Å². The molecule has 0 radical (unpaired) electrons. The number of hydrogen-bond donors (Lipinski definition) is 2. The molecule has 0 spiro atoms. The fraction of sp³-hybridized carbons (Fsp3) is 0.917. The highest BCUT2D eigenvalue weighted by Gasteiger charge is 2.50. The average molecular weight is 376 g/mol. The molecule has 1 heterocycles. The van der Waals surface area contributed by atoms with Crippen molar-refractivity contribution in [1.82, 2.24) is 14.9 Å². The fourth-order valence-corrected chi connectivity index (χ4v) is 3.33. The van der Waals surface area contributed by atoms with Crippen molar-refractivity contribution in [3.05, 3.63) is 0 Å². The lowest BCUT2D eigenvalue weighted by atomic mass is 10.1. The summed E-state index contributed by atoms with van der Waals surface area (Å²) in [5.74, 6) is 0.572. The molecule has 1 rings (SSSR count). The molecule has 1 aliphatic rings. The first-order valence-electron chi connectivity index (χ1n) is 7.18. The maximum atomic E-state index is 12.5. The van der Waals surface area contributed by atoms with Gasteiger partial charge in [0.25, 0.3) is 0 Å². The normalized spacial score (nSPS) is 20.3. The van der Waals surface area contributed by atoms with Crippen molar-refractivity contribution in [3.8, 4) is 0 Å². The number of piperidine rings is 1. The Labute approximate surface area is 139 Å². The molecule has 1 unspecified atom stereocenters. The van der Waals surface area contributed by atoms with Crippen LogP contribution in [0.4, 0.5) is 13.2 Å². The summed E-state index contributed by atoms with van der Waals surface area (Å²) in [4.78, 5) is 4.07. The molecule has 0 aromatic rings. The maximum Gasteiger partial charge on any atom is 0.511 e. The minimum absolute atomic E-state index is 0.106. The summed E-state index contributed by atoms with van der Waals surface area (Å²) in [7, 11) is -3.61. The molecule has 136 valence electrons. The molecular weight excluding hydrogens is 353 g/mol. The van der Waals surface area contributed by atoms with Gasteiger partial charge in [-0.25, -0.2) is 8.42 Å². The van der Waals surface area contributed by atoms with Crippen molar-refractivity contribution in [3.63, 3.8) is 0 Å². The Morgan fingerprint density at radius 3 is 2.39 bits per heavy atom. The Hall–Kier alpha value is -0.680. The average Bonchev–Trinajstić information content (AvgIpc) is 2.50. The molecule has 23 heavy (non-hydrogen) atoms. The monoisotopic (exact) mass is 376 g/mol. The lowest BCUT2D eigenvalue weighted by Gasteiger charge is -2.32. The number of guanidine groups is 1. The van der Waals surface area contributed by atoms with E-state index in [2.05, 4.69) is 22.5 Å². The van der Waals surface area contributed by atoms with E-state index in [1.165, 1.54) is 0 Å². The van der Waals surface area contributed by atoms with E-state index in [0.29, 0.717) is 34.9 Å². The number of nitrogens with one attached hydrogen (secondary N) is 2. The molecule has 0 aliphatic carbocycles. The summed E-state index contributed by atoms with van der Waals surface area (Å²) in [5, 5.41) is 6.66. The van der Waals surface area contributed by atoms with Crippen molar-refractivity contribution < 1.29 is 21.6 Å². The second kappa shape index (κ2) is 8.43. The van der Waals surface area contributed by atoms with Gasteiger partial charge in [-0.2, -0.15) is 29.2 Å². The van der Waals surface area contributed by atoms with Crippen LogP contribution in [0.1, 0.15) is 19.8 Å². The van der Waals surface area contributed by atoms with Crippen molar-refractivity contribution in [2.75, 3.05) is 32.9 Å². The van der Waals surface area contributed by atoms with Crippen LogP contribution in [0.3, 0.4) is 0 Å². The topological polar surface area (TPSA) is 73.8 Å². The van der Waals surface area contributed by atoms with Gasteiger partial charge in [-0.3, -0.25) is 4.99 Å². The molecule has 0 aromatic carbocycles. The molecule has 11 heteroatoms. The first-order chi connectivity index (χ1) is 10.6. The number of thioether (sulfide) groups is 1. The fourth-order valence-electron chi connectivity index (χ4n) is 2.10. The summed E-state index contributed by atoms with van der Waals surface area (Å²) in [5.41, 5.74) is -5.24. The van der Waals surface area contributed by atoms with E-state index in [0.717, 1.165) is 0 Å². The minimum atomic E-state index is -5.24. The Bertz CT molecular complexity index is 503. The first-order valence-corrected chi connectivity index (χ1v) is 9.91. The maximum absolute atomic E-state index is 12.5. The molecule has 1 saturated heterocycles. The molecule has 2 N–H and O–H groups in total. The van der Waals surface area contributed by atoms with Gasteiger partial charge in [-0.05, 0) is 19.1 Å².